The van der Waals surface area contributed by atoms with Gasteiger partial charge in [-0.05, 0) is 52.7 Å². The molecule has 0 aromatic rings. The molecule has 1 heterocycles. The van der Waals surface area contributed by atoms with Crippen molar-refractivity contribution in [3.05, 3.63) is 0 Å². The molecular weight excluding hydrogens is 204 g/mol. The van der Waals surface area contributed by atoms with Gasteiger partial charge in [0.1, 0.15) is 0 Å². The van der Waals surface area contributed by atoms with E-state index in [1.807, 2.05) is 13.8 Å². The molecule has 1 fully saturated rings. The van der Waals surface area contributed by atoms with Gasteiger partial charge in [0.05, 0.1) is 12.6 Å². The van der Waals surface area contributed by atoms with Gasteiger partial charge in [-0.25, -0.2) is 0 Å². The van der Waals surface area contributed by atoms with Crippen molar-refractivity contribution in [3.63, 3.8) is 0 Å². The van der Waals surface area contributed by atoms with E-state index in [0.29, 0.717) is 12.5 Å². The molecule has 1 aliphatic heterocycles. The SMILES string of the molecule is CC(C)OC(=O)CNCC1CCCN(C)C1. The van der Waals surface area contributed by atoms with Gasteiger partial charge >= 0.3 is 5.97 Å². The molecule has 1 atom stereocenters. The van der Waals surface area contributed by atoms with Gasteiger partial charge in [0.15, 0.2) is 0 Å². The molecule has 0 aliphatic carbocycles. The van der Waals surface area contributed by atoms with E-state index in [-0.39, 0.29) is 12.1 Å². The van der Waals surface area contributed by atoms with E-state index in [1.54, 1.807) is 0 Å². The monoisotopic (exact) mass is 228 g/mol. The van der Waals surface area contributed by atoms with E-state index in [1.165, 1.54) is 19.4 Å². The normalized spacial score (nSPS) is 22.4. The van der Waals surface area contributed by atoms with Crippen molar-refractivity contribution in [2.24, 2.45) is 5.92 Å². The molecule has 1 aliphatic rings. The number of carbonyl (C=O) groups excluding carboxylic acids is 1. The van der Waals surface area contributed by atoms with Crippen molar-refractivity contribution in [2.45, 2.75) is 32.8 Å². The maximum Gasteiger partial charge on any atom is 0.320 e. The van der Waals surface area contributed by atoms with Crippen molar-refractivity contribution in [1.29, 1.82) is 0 Å². The summed E-state index contributed by atoms with van der Waals surface area (Å²) in [5.74, 6) is 0.518. The van der Waals surface area contributed by atoms with Crippen molar-refractivity contribution in [1.82, 2.24) is 10.2 Å². The van der Waals surface area contributed by atoms with E-state index in [9.17, 15) is 4.79 Å². The zero-order valence-corrected chi connectivity index (χ0v) is 10.7. The molecule has 0 radical (unpaired) electrons. The second-order valence-electron chi connectivity index (χ2n) is 4.94. The first-order valence-corrected chi connectivity index (χ1v) is 6.16. The van der Waals surface area contributed by atoms with Crippen molar-refractivity contribution < 1.29 is 9.53 Å². The number of esters is 1. The van der Waals surface area contributed by atoms with Crippen LogP contribution in [0.4, 0.5) is 0 Å². The number of carbonyl (C=O) groups is 1. The van der Waals surface area contributed by atoms with Crippen LogP contribution < -0.4 is 5.32 Å². The van der Waals surface area contributed by atoms with Gasteiger partial charge in [0.25, 0.3) is 0 Å². The Balaban J connectivity index is 2.08. The third-order valence-corrected chi connectivity index (χ3v) is 2.79. The average molecular weight is 228 g/mol. The van der Waals surface area contributed by atoms with Gasteiger partial charge < -0.3 is 15.0 Å². The third-order valence-electron chi connectivity index (χ3n) is 2.79. The highest BCUT2D eigenvalue weighted by molar-refractivity contribution is 5.71. The van der Waals surface area contributed by atoms with E-state index in [4.69, 9.17) is 4.74 Å². The first-order chi connectivity index (χ1) is 7.58. The lowest BCUT2D eigenvalue weighted by molar-refractivity contribution is -0.146. The van der Waals surface area contributed by atoms with Crippen LogP contribution >= 0.6 is 0 Å². The molecule has 0 aromatic heterocycles. The van der Waals surface area contributed by atoms with Crippen LogP contribution in [0.3, 0.4) is 0 Å². The molecule has 4 nitrogen and oxygen atoms in total. The van der Waals surface area contributed by atoms with E-state index < -0.39 is 0 Å². The standard InChI is InChI=1S/C12H24N2O2/c1-10(2)16-12(15)8-13-7-11-5-4-6-14(3)9-11/h10-11,13H,4-9H2,1-3H3. The van der Waals surface area contributed by atoms with Crippen molar-refractivity contribution in [2.75, 3.05) is 33.2 Å². The minimum absolute atomic E-state index is 0.0184. The van der Waals surface area contributed by atoms with Gasteiger partial charge in [-0.15, -0.1) is 0 Å². The zero-order chi connectivity index (χ0) is 12.0. The van der Waals surface area contributed by atoms with Crippen molar-refractivity contribution in [3.8, 4) is 0 Å². The van der Waals surface area contributed by atoms with Crippen LogP contribution in [0.25, 0.3) is 0 Å². The predicted molar refractivity (Wildman–Crippen MR) is 64.3 cm³/mol. The van der Waals surface area contributed by atoms with Gasteiger partial charge in [0.2, 0.25) is 0 Å². The molecule has 0 amide bonds. The highest BCUT2D eigenvalue weighted by Gasteiger charge is 2.17. The number of piperidine rings is 1. The summed E-state index contributed by atoms with van der Waals surface area (Å²) in [5.41, 5.74) is 0. The van der Waals surface area contributed by atoms with Crippen LogP contribution in [0.1, 0.15) is 26.7 Å². The molecule has 0 bridgehead atoms. The minimum Gasteiger partial charge on any atom is -0.462 e. The molecule has 0 saturated carbocycles. The Morgan fingerprint density at radius 1 is 1.56 bits per heavy atom. The minimum atomic E-state index is -0.154. The summed E-state index contributed by atoms with van der Waals surface area (Å²) in [4.78, 5) is 13.6. The molecule has 1 unspecified atom stereocenters. The number of hydrogen-bond acceptors (Lipinski definition) is 4. The number of nitrogens with one attached hydrogen (secondary N) is 1. The number of ether oxygens (including phenoxy) is 1. The molecular formula is C12H24N2O2. The van der Waals surface area contributed by atoms with Gasteiger partial charge in [-0.1, -0.05) is 0 Å². The number of likely N-dealkylation sites (tertiary alicyclic amines) is 1. The lowest BCUT2D eigenvalue weighted by atomic mass is 9.98. The van der Waals surface area contributed by atoms with E-state index in [2.05, 4.69) is 17.3 Å². The fourth-order valence-corrected chi connectivity index (χ4v) is 2.12. The molecule has 0 spiro atoms. The Labute approximate surface area is 98.3 Å². The topological polar surface area (TPSA) is 41.6 Å². The fourth-order valence-electron chi connectivity index (χ4n) is 2.12. The highest BCUT2D eigenvalue weighted by Crippen LogP contribution is 2.13. The Morgan fingerprint density at radius 2 is 2.31 bits per heavy atom. The molecule has 1 rings (SSSR count). The molecule has 4 heteroatoms. The number of rotatable bonds is 5. The van der Waals surface area contributed by atoms with Crippen LogP contribution in [0.2, 0.25) is 0 Å². The first kappa shape index (κ1) is 13.5. The molecule has 94 valence electrons. The van der Waals surface area contributed by atoms with Crippen LogP contribution in [0.5, 0.6) is 0 Å². The molecule has 0 aromatic carbocycles. The summed E-state index contributed by atoms with van der Waals surface area (Å²) in [5, 5.41) is 3.18. The molecule has 1 N–H and O–H groups in total. The lowest BCUT2D eigenvalue weighted by Crippen LogP contribution is -2.39. The van der Waals surface area contributed by atoms with Gasteiger partial charge in [-0.3, -0.25) is 4.79 Å². The smallest absolute Gasteiger partial charge is 0.320 e. The molecule has 1 saturated heterocycles. The lowest BCUT2D eigenvalue weighted by Gasteiger charge is -2.29. The maximum absolute atomic E-state index is 11.3. The van der Waals surface area contributed by atoms with Crippen LogP contribution in [0, 0.1) is 5.92 Å². The van der Waals surface area contributed by atoms with Gasteiger partial charge in [-0.2, -0.15) is 0 Å². The highest BCUT2D eigenvalue weighted by atomic mass is 16.5. The van der Waals surface area contributed by atoms with Crippen LogP contribution in [-0.2, 0) is 9.53 Å². The Bertz CT molecular complexity index is 219. The number of nitrogens with zero attached hydrogens (tertiary/aromatic N) is 1. The number of hydrogen-bond donors (Lipinski definition) is 1. The maximum atomic E-state index is 11.3. The fraction of sp³-hybridized carbons (Fsp3) is 0.917. The van der Waals surface area contributed by atoms with Crippen molar-refractivity contribution >= 4 is 5.97 Å². The second kappa shape index (κ2) is 6.86. The summed E-state index contributed by atoms with van der Waals surface area (Å²) in [6.45, 7) is 7.32. The first-order valence-electron chi connectivity index (χ1n) is 6.16. The average Bonchev–Trinajstić information content (AvgIpc) is 2.16. The van der Waals surface area contributed by atoms with Crippen LogP contribution in [0.15, 0.2) is 0 Å². The summed E-state index contributed by atoms with van der Waals surface area (Å²) < 4.78 is 5.05. The third kappa shape index (κ3) is 5.47. The quantitative estimate of drug-likeness (QED) is 0.709. The summed E-state index contributed by atoms with van der Waals surface area (Å²) >= 11 is 0. The van der Waals surface area contributed by atoms with Gasteiger partial charge in [0, 0.05) is 6.54 Å². The molecule has 16 heavy (non-hydrogen) atoms. The predicted octanol–water partition coefficient (Wildman–Crippen LogP) is 0.869. The summed E-state index contributed by atoms with van der Waals surface area (Å²) in [6, 6.07) is 0. The Morgan fingerprint density at radius 3 is 2.94 bits per heavy atom. The largest absolute Gasteiger partial charge is 0.462 e. The summed E-state index contributed by atoms with van der Waals surface area (Å²) in [6.07, 6.45) is 2.51. The van der Waals surface area contributed by atoms with E-state index >= 15 is 0 Å². The second-order valence-corrected chi connectivity index (χ2v) is 4.94. The Kier molecular flexibility index (Phi) is 5.77. The summed E-state index contributed by atoms with van der Waals surface area (Å²) in [7, 11) is 2.15. The van der Waals surface area contributed by atoms with Crippen LogP contribution in [-0.4, -0.2) is 50.2 Å². The van der Waals surface area contributed by atoms with E-state index in [0.717, 1.165) is 13.1 Å². The Hall–Kier alpha value is -0.610. The zero-order valence-electron chi connectivity index (χ0n) is 10.7.